The summed E-state index contributed by atoms with van der Waals surface area (Å²) in [6.45, 7) is 2.77. The number of amides is 1. The van der Waals surface area contributed by atoms with Crippen LogP contribution in [0.3, 0.4) is 0 Å². The van der Waals surface area contributed by atoms with Gasteiger partial charge in [-0.2, -0.15) is 0 Å². The summed E-state index contributed by atoms with van der Waals surface area (Å²) < 4.78 is 6.06. The molecule has 29 heavy (non-hydrogen) atoms. The normalized spacial score (nSPS) is 21.1. The minimum absolute atomic E-state index is 0.344. The predicted molar refractivity (Wildman–Crippen MR) is 114 cm³/mol. The van der Waals surface area contributed by atoms with E-state index in [-0.39, 0.29) is 6.23 Å². The van der Waals surface area contributed by atoms with E-state index in [9.17, 15) is 4.79 Å². The van der Waals surface area contributed by atoms with Crippen LogP contribution in [0.2, 0.25) is 0 Å². The van der Waals surface area contributed by atoms with E-state index in [0.717, 1.165) is 42.1 Å². The second-order valence-electron chi connectivity index (χ2n) is 7.88. The molecule has 2 heterocycles. The molecule has 1 atom stereocenters. The summed E-state index contributed by atoms with van der Waals surface area (Å²) in [4.78, 5) is 17.7. The Morgan fingerprint density at radius 1 is 1.21 bits per heavy atom. The molecule has 0 aromatic heterocycles. The summed E-state index contributed by atoms with van der Waals surface area (Å²) in [5.74, 6) is 1.94. The zero-order chi connectivity index (χ0) is 21.1. The Balaban J connectivity index is 0.000000431. The number of likely N-dealkylation sites (N-methyl/N-ethyl adjacent to an activating group) is 2. The van der Waals surface area contributed by atoms with Gasteiger partial charge < -0.3 is 20.3 Å². The molecule has 1 unspecified atom stereocenters. The van der Waals surface area contributed by atoms with Gasteiger partial charge >= 0.3 is 0 Å². The molecule has 0 saturated heterocycles. The van der Waals surface area contributed by atoms with Gasteiger partial charge in [0, 0.05) is 34.1 Å². The van der Waals surface area contributed by atoms with E-state index < -0.39 is 0 Å². The molecule has 1 amide bonds. The fourth-order valence-corrected chi connectivity index (χ4v) is 2.99. The Hall–Kier alpha value is -3.03. The van der Waals surface area contributed by atoms with Crippen LogP contribution in [-0.2, 0) is 9.53 Å². The Kier molecular flexibility index (Phi) is 6.10. The van der Waals surface area contributed by atoms with E-state index >= 15 is 0 Å². The maximum Gasteiger partial charge on any atom is 0.235 e. The number of hydrazone groups is 1. The van der Waals surface area contributed by atoms with Crippen molar-refractivity contribution in [2.75, 3.05) is 34.7 Å². The summed E-state index contributed by atoms with van der Waals surface area (Å²) in [6.07, 6.45) is 2.72. The molecular formula is C21H30N6O2. The minimum Gasteiger partial charge on any atom is -0.448 e. The highest BCUT2D eigenvalue weighted by Crippen LogP contribution is 2.36. The van der Waals surface area contributed by atoms with Gasteiger partial charge in [-0.25, -0.2) is 4.99 Å². The van der Waals surface area contributed by atoms with Crippen molar-refractivity contribution >= 4 is 18.0 Å². The molecular weight excluding hydrogens is 368 g/mol. The van der Waals surface area contributed by atoms with E-state index in [0.29, 0.717) is 18.3 Å². The maximum absolute atomic E-state index is 9.43. The second-order valence-corrected chi connectivity index (χ2v) is 7.88. The Labute approximate surface area is 172 Å². The van der Waals surface area contributed by atoms with Crippen molar-refractivity contribution in [3.8, 4) is 0 Å². The number of carbonyl (C=O) groups is 1. The van der Waals surface area contributed by atoms with E-state index in [1.807, 2.05) is 24.0 Å². The molecule has 1 fully saturated rings. The summed E-state index contributed by atoms with van der Waals surface area (Å²) >= 11 is 0. The molecule has 4 rings (SSSR count). The van der Waals surface area contributed by atoms with E-state index in [4.69, 9.17) is 15.5 Å². The van der Waals surface area contributed by atoms with Crippen LogP contribution in [0.5, 0.6) is 0 Å². The van der Waals surface area contributed by atoms with Crippen LogP contribution >= 0.6 is 0 Å². The van der Waals surface area contributed by atoms with Crippen molar-refractivity contribution in [2.24, 2.45) is 21.7 Å². The number of nitrogens with two attached hydrogens (primary N) is 1. The third-order valence-corrected chi connectivity index (χ3v) is 4.90. The highest BCUT2D eigenvalue weighted by Gasteiger charge is 2.39. The van der Waals surface area contributed by atoms with E-state index in [2.05, 4.69) is 36.3 Å². The van der Waals surface area contributed by atoms with Crippen LogP contribution in [0.4, 0.5) is 0 Å². The third kappa shape index (κ3) is 4.88. The summed E-state index contributed by atoms with van der Waals surface area (Å²) in [6, 6.07) is 8.41. The van der Waals surface area contributed by atoms with Crippen molar-refractivity contribution in [2.45, 2.75) is 26.0 Å². The summed E-state index contributed by atoms with van der Waals surface area (Å²) in [7, 11) is 7.27. The van der Waals surface area contributed by atoms with Crippen molar-refractivity contribution in [3.05, 3.63) is 46.9 Å². The summed E-state index contributed by atoms with van der Waals surface area (Å²) in [5.41, 5.74) is 10.4. The molecule has 1 aromatic carbocycles. The lowest BCUT2D eigenvalue weighted by Crippen LogP contribution is -2.39. The van der Waals surface area contributed by atoms with Crippen molar-refractivity contribution < 1.29 is 9.53 Å². The standard InChI is InChI=1S/C18H23N5O.C3H7NO/c1-11-4-6-12(7-5-11)14-10-22(2)16(19)15(20-14)18-23(3)21-17(24-18)13-8-9-13;1-4(2)3-5/h4-7,13,18H,8-10,19H2,1-3H3;3H,1-2H3. The van der Waals surface area contributed by atoms with Gasteiger partial charge in [0.25, 0.3) is 0 Å². The Morgan fingerprint density at radius 3 is 2.38 bits per heavy atom. The SMILES string of the molecule is CN(C)C=O.Cc1ccc(C2=NC(C3OC(C4CC4)=NN3C)=C(N)N(C)C2)cc1. The van der Waals surface area contributed by atoms with Gasteiger partial charge in [-0.1, -0.05) is 29.8 Å². The number of aryl methyl sites for hydroxylation is 1. The molecule has 3 aliphatic rings. The monoisotopic (exact) mass is 398 g/mol. The van der Waals surface area contributed by atoms with Crippen LogP contribution in [0, 0.1) is 12.8 Å². The molecule has 0 spiro atoms. The molecule has 0 radical (unpaired) electrons. The quantitative estimate of drug-likeness (QED) is 0.778. The number of hydrogen-bond acceptors (Lipinski definition) is 7. The maximum atomic E-state index is 9.43. The first-order chi connectivity index (χ1) is 13.8. The van der Waals surface area contributed by atoms with Gasteiger partial charge in [-0.3, -0.25) is 9.80 Å². The number of rotatable bonds is 4. The average Bonchev–Trinajstić information content (AvgIpc) is 3.47. The molecule has 1 aliphatic carbocycles. The first-order valence-electron chi connectivity index (χ1n) is 9.75. The zero-order valence-electron chi connectivity index (χ0n) is 17.8. The fraction of sp³-hybridized carbons (Fsp3) is 0.476. The van der Waals surface area contributed by atoms with Crippen LogP contribution in [0.15, 0.2) is 45.9 Å². The third-order valence-electron chi connectivity index (χ3n) is 4.90. The number of carbonyl (C=O) groups excluding carboxylic acids is 1. The van der Waals surface area contributed by atoms with Crippen LogP contribution in [-0.4, -0.2) is 73.8 Å². The number of hydrogen-bond donors (Lipinski definition) is 1. The molecule has 2 aliphatic heterocycles. The Bertz CT molecular complexity index is 839. The molecule has 8 nitrogen and oxygen atoms in total. The number of nitrogens with zero attached hydrogens (tertiary/aromatic N) is 5. The fourth-order valence-electron chi connectivity index (χ4n) is 2.99. The van der Waals surface area contributed by atoms with Crippen LogP contribution in [0.25, 0.3) is 0 Å². The predicted octanol–water partition coefficient (Wildman–Crippen LogP) is 1.57. The van der Waals surface area contributed by atoms with Crippen LogP contribution in [0.1, 0.15) is 24.0 Å². The van der Waals surface area contributed by atoms with E-state index in [1.54, 1.807) is 14.1 Å². The molecule has 1 saturated carbocycles. The number of aliphatic imine (C=N–C) groups is 1. The minimum atomic E-state index is -0.344. The van der Waals surface area contributed by atoms with Gasteiger partial charge in [0.1, 0.15) is 11.5 Å². The van der Waals surface area contributed by atoms with Gasteiger partial charge in [0.15, 0.2) is 0 Å². The lowest BCUT2D eigenvalue weighted by Gasteiger charge is -2.30. The van der Waals surface area contributed by atoms with Gasteiger partial charge in [0.2, 0.25) is 18.5 Å². The topological polar surface area (TPSA) is 86.8 Å². The van der Waals surface area contributed by atoms with Crippen molar-refractivity contribution in [3.63, 3.8) is 0 Å². The van der Waals surface area contributed by atoms with Gasteiger partial charge in [0.05, 0.1) is 12.3 Å². The first kappa shape index (κ1) is 20.7. The molecule has 0 bridgehead atoms. The lowest BCUT2D eigenvalue weighted by molar-refractivity contribution is -0.115. The Morgan fingerprint density at radius 2 is 1.83 bits per heavy atom. The first-order valence-corrected chi connectivity index (χ1v) is 9.75. The average molecular weight is 399 g/mol. The molecule has 2 N–H and O–H groups in total. The van der Waals surface area contributed by atoms with Crippen molar-refractivity contribution in [1.82, 2.24) is 14.8 Å². The number of benzene rings is 1. The second kappa shape index (κ2) is 8.55. The van der Waals surface area contributed by atoms with Crippen molar-refractivity contribution in [1.29, 1.82) is 0 Å². The zero-order valence-corrected chi connectivity index (χ0v) is 17.8. The smallest absolute Gasteiger partial charge is 0.235 e. The number of ether oxygens (including phenoxy) is 1. The molecule has 8 heteroatoms. The largest absolute Gasteiger partial charge is 0.448 e. The molecule has 156 valence electrons. The van der Waals surface area contributed by atoms with Gasteiger partial charge in [-0.05, 0) is 25.3 Å². The highest BCUT2D eigenvalue weighted by molar-refractivity contribution is 6.03. The highest BCUT2D eigenvalue weighted by atomic mass is 16.5. The van der Waals surface area contributed by atoms with Crippen LogP contribution < -0.4 is 5.73 Å². The summed E-state index contributed by atoms with van der Waals surface area (Å²) in [5, 5.41) is 6.35. The van der Waals surface area contributed by atoms with E-state index in [1.165, 1.54) is 10.5 Å². The molecule has 1 aromatic rings. The lowest BCUT2D eigenvalue weighted by atomic mass is 10.1. The van der Waals surface area contributed by atoms with Gasteiger partial charge in [-0.15, -0.1) is 5.10 Å².